The Kier molecular flexibility index (Phi) is 0.472. The zero-order valence-corrected chi connectivity index (χ0v) is 5.01. The maximum atomic E-state index is 2.67. The van der Waals surface area contributed by atoms with E-state index in [9.17, 15) is 0 Å². The Morgan fingerprint density at radius 1 is 1.00 bits per heavy atom. The van der Waals surface area contributed by atoms with Crippen molar-refractivity contribution in [1.29, 1.82) is 0 Å². The molecule has 0 aromatic carbocycles. The van der Waals surface area contributed by atoms with Gasteiger partial charge in [0.1, 0.15) is 0 Å². The number of piperidine rings is 2. The average Bonchev–Trinajstić information content (AvgIpc) is 1.70. The first-order valence-electron chi connectivity index (χ1n) is 3.72. The molecule has 2 aliphatic heterocycles. The molecule has 44 valence electrons. The second kappa shape index (κ2) is 0.971. The Bertz CT molecular complexity index is 92.3. The summed E-state index contributed by atoms with van der Waals surface area (Å²) >= 11 is 0. The first-order chi connectivity index (χ1) is 3.97. The van der Waals surface area contributed by atoms with E-state index in [1.807, 2.05) is 0 Å². The van der Waals surface area contributed by atoms with Gasteiger partial charge in [-0.1, -0.05) is 0 Å². The fraction of sp³-hybridized carbons (Fsp3) is 1.00. The first-order valence-corrected chi connectivity index (χ1v) is 3.72. The molecule has 3 unspecified atom stereocenters. The lowest BCUT2D eigenvalue weighted by atomic mass is 9.60. The number of hydrogen-bond acceptors (Lipinski definition) is 1. The molecule has 0 spiro atoms. The molecule has 1 nitrogen and oxygen atoms in total. The van der Waals surface area contributed by atoms with Gasteiger partial charge in [0.25, 0.3) is 0 Å². The van der Waals surface area contributed by atoms with Gasteiger partial charge in [0.2, 0.25) is 0 Å². The van der Waals surface area contributed by atoms with Crippen molar-refractivity contribution in [2.75, 3.05) is 6.54 Å². The summed E-state index contributed by atoms with van der Waals surface area (Å²) in [4.78, 5) is 2.67. The lowest BCUT2D eigenvalue weighted by molar-refractivity contribution is -0.180. The maximum Gasteiger partial charge on any atom is 0.0154 e. The van der Waals surface area contributed by atoms with Crippen molar-refractivity contribution >= 4 is 0 Å². The minimum absolute atomic E-state index is 1.08. The minimum atomic E-state index is 1.08. The zero-order chi connectivity index (χ0) is 5.14. The van der Waals surface area contributed by atoms with Crippen molar-refractivity contribution in [3.63, 3.8) is 0 Å². The van der Waals surface area contributed by atoms with E-state index in [4.69, 9.17) is 0 Å². The molecular weight excluding hydrogens is 98.1 g/mol. The SMILES string of the molecule is C1CC2C1C1CCN21. The quantitative estimate of drug-likeness (QED) is 0.446. The Morgan fingerprint density at radius 2 is 1.88 bits per heavy atom. The van der Waals surface area contributed by atoms with Gasteiger partial charge in [-0.25, -0.2) is 0 Å². The standard InChI is InChI=1S/C7H11N/c1-2-6-5(1)7-3-4-8(6)7/h5-7H,1-4H2. The molecule has 2 saturated heterocycles. The van der Waals surface area contributed by atoms with Crippen LogP contribution in [0.15, 0.2) is 0 Å². The highest BCUT2D eigenvalue weighted by atomic mass is 15.3. The molecule has 0 aromatic heterocycles. The predicted molar refractivity (Wildman–Crippen MR) is 31.6 cm³/mol. The smallest absolute Gasteiger partial charge is 0.0154 e. The van der Waals surface area contributed by atoms with E-state index in [0.717, 1.165) is 12.1 Å². The molecule has 8 heavy (non-hydrogen) atoms. The van der Waals surface area contributed by atoms with Gasteiger partial charge in [-0.15, -0.1) is 0 Å². The fourth-order valence-corrected chi connectivity index (χ4v) is 2.57. The monoisotopic (exact) mass is 109 g/mol. The van der Waals surface area contributed by atoms with Crippen molar-refractivity contribution in [2.24, 2.45) is 5.92 Å². The van der Waals surface area contributed by atoms with E-state index >= 15 is 0 Å². The molecule has 0 N–H and O–H groups in total. The number of rotatable bonds is 0. The first kappa shape index (κ1) is 3.89. The minimum Gasteiger partial charge on any atom is -0.297 e. The van der Waals surface area contributed by atoms with E-state index in [0.29, 0.717) is 0 Å². The van der Waals surface area contributed by atoms with Gasteiger partial charge in [0.15, 0.2) is 0 Å². The summed E-state index contributed by atoms with van der Waals surface area (Å²) in [6.45, 7) is 1.42. The molecule has 2 heterocycles. The van der Waals surface area contributed by atoms with E-state index in [-0.39, 0.29) is 0 Å². The Balaban J connectivity index is 1.87. The summed E-state index contributed by atoms with van der Waals surface area (Å²) in [5.41, 5.74) is 0. The summed E-state index contributed by atoms with van der Waals surface area (Å²) in [5.74, 6) is 1.17. The van der Waals surface area contributed by atoms with Crippen LogP contribution >= 0.6 is 0 Å². The van der Waals surface area contributed by atoms with E-state index in [1.54, 1.807) is 6.42 Å². The van der Waals surface area contributed by atoms with Crippen LogP contribution in [0.3, 0.4) is 0 Å². The van der Waals surface area contributed by atoms with Gasteiger partial charge in [-0.2, -0.15) is 0 Å². The highest BCUT2D eigenvalue weighted by molar-refractivity contribution is 5.12. The molecular formula is C7H11N. The van der Waals surface area contributed by atoms with Crippen LogP contribution in [0, 0.1) is 5.92 Å². The third kappa shape index (κ3) is 0.218. The van der Waals surface area contributed by atoms with Crippen molar-refractivity contribution in [3.8, 4) is 0 Å². The van der Waals surface area contributed by atoms with Crippen LogP contribution < -0.4 is 0 Å². The highest BCUT2D eigenvalue weighted by Crippen LogP contribution is 2.52. The van der Waals surface area contributed by atoms with Gasteiger partial charge in [0.05, 0.1) is 0 Å². The maximum absolute atomic E-state index is 2.67. The molecule has 1 saturated carbocycles. The third-order valence-electron chi connectivity index (χ3n) is 3.32. The molecule has 3 atom stereocenters. The topological polar surface area (TPSA) is 3.24 Å². The van der Waals surface area contributed by atoms with Crippen LogP contribution in [0.4, 0.5) is 0 Å². The molecule has 1 heteroatoms. The van der Waals surface area contributed by atoms with Gasteiger partial charge in [0, 0.05) is 18.6 Å². The van der Waals surface area contributed by atoms with E-state index < -0.39 is 0 Å². The largest absolute Gasteiger partial charge is 0.297 e. The van der Waals surface area contributed by atoms with Crippen molar-refractivity contribution in [1.82, 2.24) is 4.90 Å². The summed E-state index contributed by atoms with van der Waals surface area (Å²) in [6.07, 6.45) is 4.58. The Labute approximate surface area is 49.7 Å². The average molecular weight is 109 g/mol. The van der Waals surface area contributed by atoms with Gasteiger partial charge in [-0.3, -0.25) is 4.90 Å². The third-order valence-corrected chi connectivity index (χ3v) is 3.32. The number of hydrogen-bond donors (Lipinski definition) is 0. The van der Waals surface area contributed by atoms with Crippen LogP contribution in [-0.4, -0.2) is 23.5 Å². The van der Waals surface area contributed by atoms with Gasteiger partial charge >= 0.3 is 0 Å². The second-order valence-corrected chi connectivity index (χ2v) is 3.40. The highest BCUT2D eigenvalue weighted by Gasteiger charge is 2.57. The lowest BCUT2D eigenvalue weighted by Gasteiger charge is -2.68. The summed E-state index contributed by atoms with van der Waals surface area (Å²) in [6, 6.07) is 2.16. The zero-order valence-electron chi connectivity index (χ0n) is 5.01. The normalized spacial score (nSPS) is 59.2. The second-order valence-electron chi connectivity index (χ2n) is 3.40. The summed E-state index contributed by atoms with van der Waals surface area (Å²) in [7, 11) is 0. The van der Waals surface area contributed by atoms with Crippen LogP contribution in [-0.2, 0) is 0 Å². The number of fused-ring (bicyclic) bond motifs is 4. The predicted octanol–water partition coefficient (Wildman–Crippen LogP) is 0.853. The molecule has 0 bridgehead atoms. The van der Waals surface area contributed by atoms with Crippen LogP contribution in [0.5, 0.6) is 0 Å². The lowest BCUT2D eigenvalue weighted by Crippen LogP contribution is -2.75. The van der Waals surface area contributed by atoms with Gasteiger partial charge < -0.3 is 0 Å². The molecule has 0 radical (unpaired) electrons. The molecule has 1 aliphatic carbocycles. The van der Waals surface area contributed by atoms with Crippen LogP contribution in [0.2, 0.25) is 0 Å². The summed E-state index contributed by atoms with van der Waals surface area (Å²) in [5, 5.41) is 0. The molecule has 0 aromatic rings. The molecule has 3 aliphatic rings. The molecule has 3 rings (SSSR count). The van der Waals surface area contributed by atoms with Crippen molar-refractivity contribution in [2.45, 2.75) is 31.3 Å². The number of nitrogens with zero attached hydrogens (tertiary/aromatic N) is 1. The van der Waals surface area contributed by atoms with Crippen molar-refractivity contribution < 1.29 is 0 Å². The Hall–Kier alpha value is -0.0400. The molecule has 0 amide bonds. The van der Waals surface area contributed by atoms with E-state index in [2.05, 4.69) is 4.90 Å². The van der Waals surface area contributed by atoms with Crippen molar-refractivity contribution in [3.05, 3.63) is 0 Å². The summed E-state index contributed by atoms with van der Waals surface area (Å²) < 4.78 is 0. The van der Waals surface area contributed by atoms with Crippen LogP contribution in [0.1, 0.15) is 19.3 Å². The van der Waals surface area contributed by atoms with Gasteiger partial charge in [-0.05, 0) is 25.2 Å². The Morgan fingerprint density at radius 3 is 2.00 bits per heavy atom. The fourth-order valence-electron chi connectivity index (χ4n) is 2.57. The van der Waals surface area contributed by atoms with E-state index in [1.165, 1.54) is 25.3 Å². The molecule has 3 fully saturated rings. The van der Waals surface area contributed by atoms with Crippen LogP contribution in [0.25, 0.3) is 0 Å².